The van der Waals surface area contributed by atoms with Gasteiger partial charge in [0.1, 0.15) is 16.7 Å². The third-order valence-electron chi connectivity index (χ3n) is 11.0. The lowest BCUT2D eigenvalue weighted by molar-refractivity contribution is 0.588. The fourth-order valence-corrected chi connectivity index (χ4v) is 8.29. The van der Waals surface area contributed by atoms with Crippen LogP contribution in [0, 0.1) is 0 Å². The fourth-order valence-electron chi connectivity index (χ4n) is 8.29. The van der Waals surface area contributed by atoms with Gasteiger partial charge in [0.05, 0.1) is 17.1 Å². The Labute approximate surface area is 329 Å². The van der Waals surface area contributed by atoms with Crippen molar-refractivity contribution in [3.8, 4) is 45.0 Å². The average Bonchev–Trinajstić information content (AvgIpc) is 3.86. The van der Waals surface area contributed by atoms with Crippen LogP contribution in [0.5, 0.6) is 0 Å². The average molecular weight is 734 g/mol. The topological polar surface area (TPSA) is 55.3 Å². The Morgan fingerprint density at radius 1 is 0.456 bits per heavy atom. The smallest absolute Gasteiger partial charge is 0.160 e. The van der Waals surface area contributed by atoms with Crippen molar-refractivity contribution in [1.82, 2.24) is 9.97 Å². The molecule has 0 saturated carbocycles. The summed E-state index contributed by atoms with van der Waals surface area (Å²) in [6, 6.07) is 63.0. The van der Waals surface area contributed by atoms with E-state index in [9.17, 15) is 0 Å². The van der Waals surface area contributed by atoms with Gasteiger partial charge in [-0.05, 0) is 78.6 Å². The standard InChI is InChI=1S/C52H35N3O2/c1-4-15-35(16-5-1)44-33-45(36-17-6-2-7-18-36)54-52(53-44)37-31-43(50-42-22-11-13-26-48(42)56-49(50)32-37)34-27-29-39(30-28-34)55(38-19-8-3-9-20-38)46-24-14-23-41-40-21-10-12-25-47(40)57-51(41)46/h1-13,15-22,24-33H,14,23H2. The first-order valence-electron chi connectivity index (χ1n) is 19.4. The van der Waals surface area contributed by atoms with Crippen LogP contribution < -0.4 is 4.90 Å². The van der Waals surface area contributed by atoms with Gasteiger partial charge >= 0.3 is 0 Å². The molecule has 0 radical (unpaired) electrons. The Morgan fingerprint density at radius 3 is 1.72 bits per heavy atom. The number of anilines is 2. The van der Waals surface area contributed by atoms with Crippen molar-refractivity contribution in [1.29, 1.82) is 0 Å². The largest absolute Gasteiger partial charge is 0.456 e. The molecule has 0 fully saturated rings. The molecule has 0 unspecified atom stereocenters. The molecule has 5 nitrogen and oxygen atoms in total. The van der Waals surface area contributed by atoms with E-state index in [-0.39, 0.29) is 0 Å². The summed E-state index contributed by atoms with van der Waals surface area (Å²) in [5.74, 6) is 1.57. The first-order valence-corrected chi connectivity index (χ1v) is 19.4. The minimum absolute atomic E-state index is 0.636. The highest BCUT2D eigenvalue weighted by Gasteiger charge is 2.27. The van der Waals surface area contributed by atoms with Crippen molar-refractivity contribution in [2.75, 3.05) is 4.90 Å². The zero-order valence-corrected chi connectivity index (χ0v) is 31.0. The Balaban J connectivity index is 1.07. The van der Waals surface area contributed by atoms with E-state index in [1.54, 1.807) is 0 Å². The van der Waals surface area contributed by atoms with Crippen molar-refractivity contribution in [3.05, 3.63) is 199 Å². The monoisotopic (exact) mass is 733 g/mol. The van der Waals surface area contributed by atoms with Crippen molar-refractivity contribution in [2.45, 2.75) is 12.8 Å². The lowest BCUT2D eigenvalue weighted by Gasteiger charge is -2.29. The van der Waals surface area contributed by atoms with Crippen molar-refractivity contribution in [2.24, 2.45) is 0 Å². The number of aryl methyl sites for hydroxylation is 1. The number of hydrogen-bond donors (Lipinski definition) is 0. The first-order chi connectivity index (χ1) is 28.2. The molecule has 5 heteroatoms. The number of rotatable bonds is 7. The van der Waals surface area contributed by atoms with Gasteiger partial charge in [-0.15, -0.1) is 0 Å². The Morgan fingerprint density at radius 2 is 1.04 bits per heavy atom. The van der Waals surface area contributed by atoms with Gasteiger partial charge in [-0.1, -0.05) is 133 Å². The summed E-state index contributed by atoms with van der Waals surface area (Å²) >= 11 is 0. The van der Waals surface area contributed by atoms with Crippen LogP contribution in [-0.2, 0) is 6.42 Å². The highest BCUT2D eigenvalue weighted by molar-refractivity contribution is 6.13. The second kappa shape index (κ2) is 13.7. The predicted octanol–water partition coefficient (Wildman–Crippen LogP) is 13.9. The van der Waals surface area contributed by atoms with Crippen LogP contribution >= 0.6 is 0 Å². The number of nitrogens with zero attached hydrogens (tertiary/aromatic N) is 3. The summed E-state index contributed by atoms with van der Waals surface area (Å²) < 4.78 is 13.2. The number of furan rings is 2. The molecule has 10 aromatic rings. The molecule has 0 saturated heterocycles. The van der Waals surface area contributed by atoms with E-state index in [2.05, 4.69) is 138 Å². The van der Waals surface area contributed by atoms with Crippen LogP contribution in [0.15, 0.2) is 197 Å². The molecule has 0 bridgehead atoms. The van der Waals surface area contributed by atoms with E-state index in [1.807, 2.05) is 54.6 Å². The van der Waals surface area contributed by atoms with Crippen molar-refractivity contribution in [3.63, 3.8) is 0 Å². The molecule has 270 valence electrons. The quantitative estimate of drug-likeness (QED) is 0.163. The molecule has 57 heavy (non-hydrogen) atoms. The minimum atomic E-state index is 0.636. The summed E-state index contributed by atoms with van der Waals surface area (Å²) in [5, 5.41) is 3.32. The molecular weight excluding hydrogens is 699 g/mol. The van der Waals surface area contributed by atoms with Gasteiger partial charge in [0.15, 0.2) is 11.6 Å². The second-order valence-corrected chi connectivity index (χ2v) is 14.4. The van der Waals surface area contributed by atoms with Gasteiger partial charge in [-0.25, -0.2) is 9.97 Å². The number of allylic oxidation sites excluding steroid dienone is 1. The molecule has 7 aromatic carbocycles. The minimum Gasteiger partial charge on any atom is -0.456 e. The van der Waals surface area contributed by atoms with E-state index in [4.69, 9.17) is 18.8 Å². The maximum absolute atomic E-state index is 6.60. The first kappa shape index (κ1) is 32.9. The van der Waals surface area contributed by atoms with Gasteiger partial charge in [0.25, 0.3) is 0 Å². The molecule has 3 heterocycles. The molecule has 11 rings (SSSR count). The van der Waals surface area contributed by atoms with Crippen molar-refractivity contribution >= 4 is 50.0 Å². The molecule has 0 amide bonds. The molecule has 0 spiro atoms. The molecule has 1 aliphatic carbocycles. The molecule has 0 aliphatic heterocycles. The third-order valence-corrected chi connectivity index (χ3v) is 11.0. The maximum Gasteiger partial charge on any atom is 0.160 e. The van der Waals surface area contributed by atoms with Gasteiger partial charge in [0.2, 0.25) is 0 Å². The third kappa shape index (κ3) is 5.80. The zero-order chi connectivity index (χ0) is 37.7. The SMILES string of the molecule is C1=C(N(c2ccccc2)c2ccc(-c3cc(-c4nc(-c5ccccc5)cc(-c5ccccc5)n4)cc4oc5ccccc5c34)cc2)c2oc3ccccc3c2CC1. The fraction of sp³-hybridized carbons (Fsp3) is 0.0385. The summed E-state index contributed by atoms with van der Waals surface area (Å²) in [4.78, 5) is 12.7. The predicted molar refractivity (Wildman–Crippen MR) is 232 cm³/mol. The zero-order valence-electron chi connectivity index (χ0n) is 31.0. The molecule has 1 aliphatic rings. The highest BCUT2D eigenvalue weighted by atomic mass is 16.3. The van der Waals surface area contributed by atoms with Crippen LogP contribution in [0.4, 0.5) is 11.4 Å². The Hall–Kier alpha value is -7.50. The molecule has 3 aromatic heterocycles. The van der Waals surface area contributed by atoms with Crippen molar-refractivity contribution < 1.29 is 8.83 Å². The normalized spacial score (nSPS) is 12.5. The lowest BCUT2D eigenvalue weighted by atomic mass is 9.95. The Bertz CT molecular complexity index is 3050. The molecular formula is C52H35N3O2. The highest BCUT2D eigenvalue weighted by Crippen LogP contribution is 2.44. The second-order valence-electron chi connectivity index (χ2n) is 14.4. The number of fused-ring (bicyclic) bond motifs is 6. The van der Waals surface area contributed by atoms with Crippen LogP contribution in [0.25, 0.3) is 83.6 Å². The number of benzene rings is 7. The summed E-state index contributed by atoms with van der Waals surface area (Å²) in [5.41, 5.74) is 13.8. The number of hydrogen-bond acceptors (Lipinski definition) is 5. The van der Waals surface area contributed by atoms with Gasteiger partial charge < -0.3 is 13.7 Å². The van der Waals surface area contributed by atoms with Crippen LogP contribution in [0.3, 0.4) is 0 Å². The summed E-state index contributed by atoms with van der Waals surface area (Å²) in [6.07, 6.45) is 4.20. The van der Waals surface area contributed by atoms with Crippen LogP contribution in [-0.4, -0.2) is 9.97 Å². The van der Waals surface area contributed by atoms with E-state index in [1.165, 1.54) is 10.9 Å². The number of para-hydroxylation sites is 3. The molecule has 0 atom stereocenters. The van der Waals surface area contributed by atoms with Crippen LogP contribution in [0.2, 0.25) is 0 Å². The van der Waals surface area contributed by atoms with Gasteiger partial charge in [-0.3, -0.25) is 0 Å². The van der Waals surface area contributed by atoms with E-state index in [0.29, 0.717) is 5.82 Å². The summed E-state index contributed by atoms with van der Waals surface area (Å²) in [7, 11) is 0. The Kier molecular flexibility index (Phi) is 7.88. The van der Waals surface area contributed by atoms with Crippen LogP contribution in [0.1, 0.15) is 17.7 Å². The van der Waals surface area contributed by atoms with E-state index < -0.39 is 0 Å². The molecule has 0 N–H and O–H groups in total. The maximum atomic E-state index is 6.60. The lowest BCUT2D eigenvalue weighted by Crippen LogP contribution is -2.17. The van der Waals surface area contributed by atoms with Gasteiger partial charge in [0, 0.05) is 49.8 Å². The van der Waals surface area contributed by atoms with E-state index in [0.717, 1.165) is 102 Å². The summed E-state index contributed by atoms with van der Waals surface area (Å²) in [6.45, 7) is 0. The van der Waals surface area contributed by atoms with Gasteiger partial charge in [-0.2, -0.15) is 0 Å². The number of aromatic nitrogens is 2. The van der Waals surface area contributed by atoms with E-state index >= 15 is 0 Å².